The maximum absolute atomic E-state index is 12.0. The van der Waals surface area contributed by atoms with Crippen LogP contribution in [0.1, 0.15) is 15.9 Å². The highest BCUT2D eigenvalue weighted by atomic mass is 79.9. The van der Waals surface area contributed by atoms with Gasteiger partial charge in [-0.2, -0.15) is 0 Å². The summed E-state index contributed by atoms with van der Waals surface area (Å²) in [6.07, 6.45) is 1.48. The summed E-state index contributed by atoms with van der Waals surface area (Å²) in [5, 5.41) is 12.2. The lowest BCUT2D eigenvalue weighted by molar-refractivity contribution is 0.102. The van der Waals surface area contributed by atoms with Crippen LogP contribution in [-0.2, 0) is 0 Å². The second kappa shape index (κ2) is 5.66. The maximum Gasteiger partial charge on any atom is 0.257 e. The molecule has 1 amide bonds. The molecule has 0 saturated carbocycles. The summed E-state index contributed by atoms with van der Waals surface area (Å²) in [7, 11) is 0. The van der Waals surface area contributed by atoms with Crippen molar-refractivity contribution in [3.8, 4) is 5.75 Å². The van der Waals surface area contributed by atoms with E-state index in [1.165, 1.54) is 12.3 Å². The molecule has 0 atom stereocenters. The van der Waals surface area contributed by atoms with Gasteiger partial charge >= 0.3 is 0 Å². The number of aromatic nitrogens is 2. The van der Waals surface area contributed by atoms with Crippen molar-refractivity contribution in [1.29, 1.82) is 0 Å². The van der Waals surface area contributed by atoms with Gasteiger partial charge in [-0.15, -0.1) is 0 Å². The van der Waals surface area contributed by atoms with Crippen LogP contribution in [0.2, 0.25) is 0 Å². The number of rotatable bonds is 2. The molecule has 0 spiro atoms. The van der Waals surface area contributed by atoms with Gasteiger partial charge < -0.3 is 10.4 Å². The highest BCUT2D eigenvalue weighted by molar-refractivity contribution is 9.11. The zero-order chi connectivity index (χ0) is 14.0. The Morgan fingerprint density at radius 3 is 2.74 bits per heavy atom. The highest BCUT2D eigenvalue weighted by Crippen LogP contribution is 2.21. The molecular formula is C12H9Br2N3O2. The number of amides is 1. The van der Waals surface area contributed by atoms with Crippen molar-refractivity contribution in [2.45, 2.75) is 6.92 Å². The monoisotopic (exact) mass is 385 g/mol. The molecule has 7 heteroatoms. The number of phenols is 1. The third-order valence-electron chi connectivity index (χ3n) is 2.40. The molecule has 19 heavy (non-hydrogen) atoms. The van der Waals surface area contributed by atoms with Crippen molar-refractivity contribution >= 4 is 43.6 Å². The van der Waals surface area contributed by atoms with Crippen LogP contribution in [0, 0.1) is 6.92 Å². The second-order valence-corrected chi connectivity index (χ2v) is 5.35. The van der Waals surface area contributed by atoms with Gasteiger partial charge in [0.2, 0.25) is 0 Å². The van der Waals surface area contributed by atoms with E-state index in [9.17, 15) is 9.90 Å². The lowest BCUT2D eigenvalue weighted by Crippen LogP contribution is -2.13. The Morgan fingerprint density at radius 2 is 2.11 bits per heavy atom. The Balaban J connectivity index is 2.23. The van der Waals surface area contributed by atoms with Crippen LogP contribution in [0.3, 0.4) is 0 Å². The zero-order valence-corrected chi connectivity index (χ0v) is 13.0. The van der Waals surface area contributed by atoms with Gasteiger partial charge in [-0.05, 0) is 56.5 Å². The average Bonchev–Trinajstić information content (AvgIpc) is 2.36. The number of nitrogens with one attached hydrogen (secondary N) is 1. The predicted octanol–water partition coefficient (Wildman–Crippen LogP) is 3.27. The summed E-state index contributed by atoms with van der Waals surface area (Å²) in [5.41, 5.74) is 1.06. The van der Waals surface area contributed by atoms with E-state index >= 15 is 0 Å². The minimum atomic E-state index is -0.368. The second-order valence-electron chi connectivity index (χ2n) is 3.79. The first-order valence-corrected chi connectivity index (χ1v) is 6.85. The Kier molecular flexibility index (Phi) is 4.16. The number of hydrogen-bond acceptors (Lipinski definition) is 4. The Labute approximate surface area is 126 Å². The molecule has 2 N–H and O–H groups in total. The standard InChI is InChI=1S/C12H9Br2N3O2/c1-6-2-3-7(4-8(6)18)12(19)17-11-10(14)16-9(13)5-15-11/h2-5,18H,1H3,(H,15,17,19). The summed E-state index contributed by atoms with van der Waals surface area (Å²) in [6, 6.07) is 4.71. The number of halogens is 2. The van der Waals surface area contributed by atoms with E-state index in [0.29, 0.717) is 26.2 Å². The number of benzene rings is 1. The van der Waals surface area contributed by atoms with Crippen LogP contribution in [0.5, 0.6) is 5.75 Å². The van der Waals surface area contributed by atoms with Crippen molar-refractivity contribution in [3.63, 3.8) is 0 Å². The number of nitrogens with zero attached hydrogens (tertiary/aromatic N) is 2. The maximum atomic E-state index is 12.0. The molecule has 0 bridgehead atoms. The minimum Gasteiger partial charge on any atom is -0.508 e. The van der Waals surface area contributed by atoms with Gasteiger partial charge in [0.15, 0.2) is 5.82 Å². The molecule has 0 aliphatic heterocycles. The number of aromatic hydroxyl groups is 1. The first-order chi connectivity index (χ1) is 8.97. The Hall–Kier alpha value is -1.47. The molecule has 2 aromatic rings. The van der Waals surface area contributed by atoms with Gasteiger partial charge in [0.25, 0.3) is 5.91 Å². The Bertz CT molecular complexity index is 647. The largest absolute Gasteiger partial charge is 0.508 e. The van der Waals surface area contributed by atoms with E-state index in [4.69, 9.17) is 0 Å². The summed E-state index contributed by atoms with van der Waals surface area (Å²) < 4.78 is 0.983. The normalized spacial score (nSPS) is 10.3. The number of phenolic OH excluding ortho intramolecular Hbond substituents is 1. The summed E-state index contributed by atoms with van der Waals surface area (Å²) >= 11 is 6.38. The average molecular weight is 387 g/mol. The fourth-order valence-corrected chi connectivity index (χ4v) is 2.27. The van der Waals surface area contributed by atoms with Crippen LogP contribution >= 0.6 is 31.9 Å². The van der Waals surface area contributed by atoms with Crippen LogP contribution in [0.4, 0.5) is 5.82 Å². The van der Waals surface area contributed by atoms with Crippen LogP contribution < -0.4 is 5.32 Å². The number of hydrogen-bond donors (Lipinski definition) is 2. The minimum absolute atomic E-state index is 0.0774. The van der Waals surface area contributed by atoms with E-state index in [1.54, 1.807) is 19.1 Å². The van der Waals surface area contributed by atoms with Gasteiger partial charge in [0.1, 0.15) is 15.0 Å². The molecule has 2 rings (SSSR count). The van der Waals surface area contributed by atoms with Crippen LogP contribution in [0.25, 0.3) is 0 Å². The van der Waals surface area contributed by atoms with Crippen molar-refractivity contribution in [3.05, 3.63) is 44.7 Å². The van der Waals surface area contributed by atoms with Crippen molar-refractivity contribution in [2.75, 3.05) is 5.32 Å². The van der Waals surface area contributed by atoms with E-state index in [2.05, 4.69) is 47.1 Å². The van der Waals surface area contributed by atoms with Crippen LogP contribution in [-0.4, -0.2) is 21.0 Å². The van der Waals surface area contributed by atoms with Crippen molar-refractivity contribution < 1.29 is 9.90 Å². The smallest absolute Gasteiger partial charge is 0.257 e. The molecule has 5 nitrogen and oxygen atoms in total. The van der Waals surface area contributed by atoms with Gasteiger partial charge in [-0.3, -0.25) is 4.79 Å². The van der Waals surface area contributed by atoms with Gasteiger partial charge in [0.05, 0.1) is 6.20 Å². The summed E-state index contributed by atoms with van der Waals surface area (Å²) in [4.78, 5) is 20.1. The zero-order valence-electron chi connectivity index (χ0n) is 9.82. The lowest BCUT2D eigenvalue weighted by Gasteiger charge is -2.07. The topological polar surface area (TPSA) is 75.1 Å². The highest BCUT2D eigenvalue weighted by Gasteiger charge is 2.11. The van der Waals surface area contributed by atoms with E-state index in [0.717, 1.165) is 0 Å². The predicted molar refractivity (Wildman–Crippen MR) is 78.2 cm³/mol. The molecule has 0 saturated heterocycles. The first kappa shape index (κ1) is 14.0. The van der Waals surface area contributed by atoms with E-state index in [1.807, 2.05) is 0 Å². The van der Waals surface area contributed by atoms with Gasteiger partial charge in [0, 0.05) is 5.56 Å². The molecule has 0 aliphatic rings. The van der Waals surface area contributed by atoms with Gasteiger partial charge in [-0.25, -0.2) is 9.97 Å². The number of anilines is 1. The third kappa shape index (κ3) is 3.30. The van der Waals surface area contributed by atoms with Gasteiger partial charge in [-0.1, -0.05) is 6.07 Å². The quantitative estimate of drug-likeness (QED) is 0.830. The van der Waals surface area contributed by atoms with Crippen molar-refractivity contribution in [2.24, 2.45) is 0 Å². The molecule has 0 aliphatic carbocycles. The summed E-state index contributed by atoms with van der Waals surface area (Å²) in [5.74, 6) is 0.0227. The van der Waals surface area contributed by atoms with Crippen LogP contribution in [0.15, 0.2) is 33.6 Å². The number of aryl methyl sites for hydroxylation is 1. The molecular weight excluding hydrogens is 378 g/mol. The third-order valence-corrected chi connectivity index (χ3v) is 3.34. The first-order valence-electron chi connectivity index (χ1n) is 5.26. The molecule has 1 heterocycles. The molecule has 0 unspecified atom stereocenters. The number of carbonyl (C=O) groups excluding carboxylic acids is 1. The number of carbonyl (C=O) groups is 1. The fraction of sp³-hybridized carbons (Fsp3) is 0.0833. The molecule has 0 radical (unpaired) electrons. The lowest BCUT2D eigenvalue weighted by atomic mass is 10.1. The molecule has 1 aromatic heterocycles. The molecule has 1 aromatic carbocycles. The summed E-state index contributed by atoms with van der Waals surface area (Å²) in [6.45, 7) is 1.76. The molecule has 0 fully saturated rings. The van der Waals surface area contributed by atoms with E-state index < -0.39 is 0 Å². The fourth-order valence-electron chi connectivity index (χ4n) is 1.36. The van der Waals surface area contributed by atoms with Crippen molar-refractivity contribution in [1.82, 2.24) is 9.97 Å². The van der Waals surface area contributed by atoms with E-state index in [-0.39, 0.29) is 11.7 Å². The molecule has 98 valence electrons. The SMILES string of the molecule is Cc1ccc(C(=O)Nc2ncc(Br)nc2Br)cc1O. The Morgan fingerprint density at radius 1 is 1.37 bits per heavy atom.